The van der Waals surface area contributed by atoms with E-state index in [1.165, 1.54) is 11.0 Å². The molecule has 0 unspecified atom stereocenters. The first-order chi connectivity index (χ1) is 15.8. The molecule has 1 aliphatic rings. The molecule has 0 spiro atoms. The normalized spacial score (nSPS) is 15.5. The van der Waals surface area contributed by atoms with Crippen molar-refractivity contribution in [1.82, 2.24) is 25.2 Å². The molecule has 4 heterocycles. The standard InChI is InChI=1S/C22H19ClN6O4/c1-10-9-24-18-17-11-4-7-15(26-12(11)5-6-13(17)32-19(18)21(30)25-10)33-16-8-14(23)27-20(28-16)22(31)29(2)3/h4-8,10,24H,9H2,1-3H3,(H,25,30)/t10-/m1/s1. The highest BCUT2D eigenvalue weighted by Crippen LogP contribution is 2.37. The third kappa shape index (κ3) is 3.78. The summed E-state index contributed by atoms with van der Waals surface area (Å²) in [4.78, 5) is 38.7. The summed E-state index contributed by atoms with van der Waals surface area (Å²) in [5, 5.41) is 7.83. The first-order valence-electron chi connectivity index (χ1n) is 10.1. The number of hydrogen-bond acceptors (Lipinski definition) is 8. The van der Waals surface area contributed by atoms with Crippen molar-refractivity contribution >= 4 is 51.0 Å². The minimum absolute atomic E-state index is 0.0350. The highest BCUT2D eigenvalue weighted by molar-refractivity contribution is 6.29. The van der Waals surface area contributed by atoms with E-state index in [0.29, 0.717) is 23.3 Å². The van der Waals surface area contributed by atoms with Gasteiger partial charge in [-0.25, -0.2) is 9.97 Å². The number of halogens is 1. The molecule has 3 aromatic heterocycles. The molecule has 11 heteroatoms. The van der Waals surface area contributed by atoms with Crippen molar-refractivity contribution in [2.45, 2.75) is 13.0 Å². The molecular formula is C22H19ClN6O4. The fraction of sp³-hybridized carbons (Fsp3) is 0.227. The van der Waals surface area contributed by atoms with Gasteiger partial charge in [0, 0.05) is 44.2 Å². The molecule has 1 aliphatic heterocycles. The van der Waals surface area contributed by atoms with Crippen molar-refractivity contribution in [2.24, 2.45) is 0 Å². The summed E-state index contributed by atoms with van der Waals surface area (Å²) in [6, 6.07) is 8.41. The van der Waals surface area contributed by atoms with Crippen molar-refractivity contribution in [2.75, 3.05) is 26.0 Å². The van der Waals surface area contributed by atoms with E-state index in [4.69, 9.17) is 20.8 Å². The van der Waals surface area contributed by atoms with Crippen LogP contribution in [-0.2, 0) is 0 Å². The Bertz CT molecular complexity index is 1430. The second-order valence-electron chi connectivity index (χ2n) is 7.87. The number of nitrogens with one attached hydrogen (secondary N) is 2. The van der Waals surface area contributed by atoms with E-state index in [-0.39, 0.29) is 40.4 Å². The lowest BCUT2D eigenvalue weighted by molar-refractivity contribution is 0.0814. The summed E-state index contributed by atoms with van der Waals surface area (Å²) in [6.45, 7) is 2.49. The number of anilines is 1. The largest absolute Gasteiger partial charge is 0.449 e. The predicted molar refractivity (Wildman–Crippen MR) is 122 cm³/mol. The maximum absolute atomic E-state index is 12.5. The first kappa shape index (κ1) is 21.0. The number of hydrogen-bond donors (Lipinski definition) is 2. The second-order valence-corrected chi connectivity index (χ2v) is 8.26. The third-order valence-corrected chi connectivity index (χ3v) is 5.34. The van der Waals surface area contributed by atoms with E-state index in [1.54, 1.807) is 32.3 Å². The summed E-state index contributed by atoms with van der Waals surface area (Å²) in [5.74, 6) is -0.141. The molecule has 5 rings (SSSR count). The number of amides is 2. The Morgan fingerprint density at radius 3 is 2.79 bits per heavy atom. The Morgan fingerprint density at radius 1 is 1.18 bits per heavy atom. The van der Waals surface area contributed by atoms with Crippen molar-refractivity contribution in [1.29, 1.82) is 0 Å². The van der Waals surface area contributed by atoms with Crippen LogP contribution in [0.2, 0.25) is 5.15 Å². The molecule has 0 saturated heterocycles. The Kier molecular flexibility index (Phi) is 5.01. The minimum atomic E-state index is -0.400. The van der Waals surface area contributed by atoms with E-state index >= 15 is 0 Å². The van der Waals surface area contributed by atoms with Crippen LogP contribution in [0.4, 0.5) is 5.69 Å². The number of aromatic nitrogens is 3. The van der Waals surface area contributed by atoms with Gasteiger partial charge in [-0.2, -0.15) is 4.98 Å². The Labute approximate surface area is 192 Å². The van der Waals surface area contributed by atoms with Gasteiger partial charge >= 0.3 is 0 Å². The fourth-order valence-electron chi connectivity index (χ4n) is 3.62. The van der Waals surface area contributed by atoms with E-state index in [2.05, 4.69) is 25.6 Å². The first-order valence-corrected chi connectivity index (χ1v) is 10.5. The fourth-order valence-corrected chi connectivity index (χ4v) is 3.79. The minimum Gasteiger partial charge on any atom is -0.449 e. The van der Waals surface area contributed by atoms with Crippen molar-refractivity contribution in [3.05, 3.63) is 47.1 Å². The van der Waals surface area contributed by atoms with Crippen molar-refractivity contribution in [3.8, 4) is 11.8 Å². The Hall–Kier alpha value is -3.92. The van der Waals surface area contributed by atoms with Crippen LogP contribution < -0.4 is 15.4 Å². The summed E-state index contributed by atoms with van der Waals surface area (Å²) in [6.07, 6.45) is 0. The van der Waals surface area contributed by atoms with Crippen LogP contribution in [0.15, 0.2) is 34.7 Å². The van der Waals surface area contributed by atoms with Crippen molar-refractivity contribution < 1.29 is 18.7 Å². The van der Waals surface area contributed by atoms with Gasteiger partial charge in [0.1, 0.15) is 10.7 Å². The van der Waals surface area contributed by atoms with E-state index < -0.39 is 5.91 Å². The Morgan fingerprint density at radius 2 is 2.00 bits per heavy atom. The number of pyridine rings is 1. The maximum Gasteiger partial charge on any atom is 0.291 e. The second kappa shape index (κ2) is 7.89. The van der Waals surface area contributed by atoms with Gasteiger partial charge in [0.15, 0.2) is 0 Å². The summed E-state index contributed by atoms with van der Waals surface area (Å²) < 4.78 is 11.6. The highest BCUT2D eigenvalue weighted by atomic mass is 35.5. The smallest absolute Gasteiger partial charge is 0.291 e. The van der Waals surface area contributed by atoms with Gasteiger partial charge in [-0.05, 0) is 25.1 Å². The number of nitrogens with zero attached hydrogens (tertiary/aromatic N) is 4. The topological polar surface area (TPSA) is 122 Å². The average Bonchev–Trinajstić information content (AvgIpc) is 3.09. The zero-order valence-corrected chi connectivity index (χ0v) is 18.7. The lowest BCUT2D eigenvalue weighted by Gasteiger charge is -2.11. The Balaban J connectivity index is 1.54. The predicted octanol–water partition coefficient (Wildman–Crippen LogP) is 3.46. The monoisotopic (exact) mass is 466 g/mol. The van der Waals surface area contributed by atoms with Gasteiger partial charge in [0.25, 0.3) is 11.8 Å². The van der Waals surface area contributed by atoms with Crippen LogP contribution in [0.1, 0.15) is 28.1 Å². The molecule has 0 bridgehead atoms. The highest BCUT2D eigenvalue weighted by Gasteiger charge is 2.26. The van der Waals surface area contributed by atoms with Crippen LogP contribution >= 0.6 is 11.6 Å². The zero-order chi connectivity index (χ0) is 23.3. The number of furan rings is 1. The number of carbonyl (C=O) groups excluding carboxylic acids is 2. The van der Waals surface area contributed by atoms with Crippen LogP contribution in [0.25, 0.3) is 21.9 Å². The van der Waals surface area contributed by atoms with Crippen LogP contribution in [-0.4, -0.2) is 58.3 Å². The number of rotatable bonds is 3. The summed E-state index contributed by atoms with van der Waals surface area (Å²) in [5.41, 5.74) is 1.85. The molecule has 1 atom stereocenters. The van der Waals surface area contributed by atoms with Crippen LogP contribution in [0.3, 0.4) is 0 Å². The molecule has 0 fully saturated rings. The van der Waals surface area contributed by atoms with Gasteiger partial charge in [0.05, 0.1) is 16.6 Å². The average molecular weight is 467 g/mol. The molecule has 168 valence electrons. The molecule has 2 amide bonds. The molecule has 10 nitrogen and oxygen atoms in total. The van der Waals surface area contributed by atoms with Gasteiger partial charge < -0.3 is 24.7 Å². The molecule has 33 heavy (non-hydrogen) atoms. The van der Waals surface area contributed by atoms with Crippen LogP contribution in [0, 0.1) is 0 Å². The molecule has 0 radical (unpaired) electrons. The molecule has 2 N–H and O–H groups in total. The number of ether oxygens (including phenoxy) is 1. The van der Waals surface area contributed by atoms with E-state index in [9.17, 15) is 9.59 Å². The third-order valence-electron chi connectivity index (χ3n) is 5.14. The number of fused-ring (bicyclic) bond motifs is 5. The number of benzene rings is 1. The molecule has 4 aromatic rings. The van der Waals surface area contributed by atoms with Gasteiger partial charge in [-0.1, -0.05) is 11.6 Å². The van der Waals surface area contributed by atoms with Gasteiger partial charge in [-0.15, -0.1) is 0 Å². The molecular weight excluding hydrogens is 448 g/mol. The number of carbonyl (C=O) groups is 2. The van der Waals surface area contributed by atoms with Gasteiger partial charge in [0.2, 0.25) is 23.3 Å². The van der Waals surface area contributed by atoms with Gasteiger partial charge in [-0.3, -0.25) is 9.59 Å². The molecule has 1 aromatic carbocycles. The summed E-state index contributed by atoms with van der Waals surface area (Å²) >= 11 is 6.04. The lowest BCUT2D eigenvalue weighted by atomic mass is 10.1. The molecule has 0 aliphatic carbocycles. The van der Waals surface area contributed by atoms with Crippen molar-refractivity contribution in [3.63, 3.8) is 0 Å². The summed E-state index contributed by atoms with van der Waals surface area (Å²) in [7, 11) is 3.18. The van der Waals surface area contributed by atoms with Crippen LogP contribution in [0.5, 0.6) is 11.8 Å². The lowest BCUT2D eigenvalue weighted by Crippen LogP contribution is -2.34. The molecule has 0 saturated carbocycles. The van der Waals surface area contributed by atoms with E-state index in [1.807, 2.05) is 13.0 Å². The maximum atomic E-state index is 12.5. The SMILES string of the molecule is C[C@@H]1CNc2c(oc3ccc4nc(Oc5cc(Cl)nc(C(=O)N(C)C)n5)ccc4c23)C(=O)N1. The van der Waals surface area contributed by atoms with E-state index in [0.717, 1.165) is 10.8 Å². The zero-order valence-electron chi connectivity index (χ0n) is 18.0. The quantitative estimate of drug-likeness (QED) is 0.440.